The van der Waals surface area contributed by atoms with Crippen molar-refractivity contribution in [3.8, 4) is 0 Å². The van der Waals surface area contributed by atoms with E-state index >= 15 is 0 Å². The van der Waals surface area contributed by atoms with E-state index in [1.807, 2.05) is 17.7 Å². The van der Waals surface area contributed by atoms with Crippen molar-refractivity contribution in [1.29, 1.82) is 0 Å². The molecule has 1 aliphatic rings. The lowest BCUT2D eigenvalue weighted by molar-refractivity contribution is 0.593. The van der Waals surface area contributed by atoms with Crippen LogP contribution in [0.5, 0.6) is 0 Å². The van der Waals surface area contributed by atoms with E-state index in [2.05, 4.69) is 26.2 Å². The molecule has 94 valence electrons. The molecule has 1 aromatic heterocycles. The second-order valence-electron chi connectivity index (χ2n) is 4.30. The minimum absolute atomic E-state index is 0.0942. The number of hydrogen-bond acceptors (Lipinski definition) is 4. The molecule has 5 N–H and O–H groups in total. The van der Waals surface area contributed by atoms with Crippen LogP contribution in [0.4, 0.5) is 0 Å². The Morgan fingerprint density at radius 1 is 1.65 bits per heavy atom. The van der Waals surface area contributed by atoms with Gasteiger partial charge in [-0.25, -0.2) is 4.98 Å². The molecule has 0 aliphatic carbocycles. The summed E-state index contributed by atoms with van der Waals surface area (Å²) in [7, 11) is 0. The second kappa shape index (κ2) is 5.20. The van der Waals surface area contributed by atoms with Gasteiger partial charge in [-0.15, -0.1) is 0 Å². The summed E-state index contributed by atoms with van der Waals surface area (Å²) in [6.45, 7) is 2.98. The van der Waals surface area contributed by atoms with Crippen LogP contribution in [0.2, 0.25) is 0 Å². The van der Waals surface area contributed by atoms with Gasteiger partial charge in [0.1, 0.15) is 10.4 Å². The highest BCUT2D eigenvalue weighted by Gasteiger charge is 2.25. The summed E-state index contributed by atoms with van der Waals surface area (Å²) in [5, 5.41) is 3.43. The number of aromatic nitrogens is 2. The molecule has 0 radical (unpaired) electrons. The first kappa shape index (κ1) is 12.6. The van der Waals surface area contributed by atoms with Crippen LogP contribution in [-0.4, -0.2) is 16.1 Å². The lowest BCUT2D eigenvalue weighted by Gasteiger charge is -2.13. The van der Waals surface area contributed by atoms with Crippen molar-refractivity contribution in [2.24, 2.45) is 11.5 Å². The van der Waals surface area contributed by atoms with Gasteiger partial charge < -0.3 is 21.4 Å². The van der Waals surface area contributed by atoms with Crippen LogP contribution in [-0.2, 0) is 0 Å². The monoisotopic (exact) mass is 299 g/mol. The maximum absolute atomic E-state index is 5.97. The number of nitrogens with one attached hydrogen (secondary N) is 1. The first-order valence-electron chi connectivity index (χ1n) is 5.80. The van der Waals surface area contributed by atoms with Gasteiger partial charge in [-0.3, -0.25) is 0 Å². The number of halogens is 1. The predicted octanol–water partition coefficient (Wildman–Crippen LogP) is 1.48. The molecule has 0 amide bonds. The average molecular weight is 300 g/mol. The number of imidazole rings is 1. The molecule has 2 atom stereocenters. The van der Waals surface area contributed by atoms with Gasteiger partial charge in [0.05, 0.1) is 11.7 Å². The van der Waals surface area contributed by atoms with E-state index in [0.717, 1.165) is 29.1 Å². The van der Waals surface area contributed by atoms with Gasteiger partial charge in [0.2, 0.25) is 0 Å². The Morgan fingerprint density at radius 2 is 2.41 bits per heavy atom. The van der Waals surface area contributed by atoms with E-state index < -0.39 is 0 Å². The highest BCUT2D eigenvalue weighted by atomic mass is 79.9. The van der Waals surface area contributed by atoms with Crippen LogP contribution in [0.25, 0.3) is 6.20 Å². The third-order valence-electron chi connectivity index (χ3n) is 2.97. The standard InChI is InChI=1S/C11H18BrN5/c1-7(14)9-10(12)16-11(17(9)6-4-13)8-3-2-5-15-8/h4,6-8,15H,2-3,5,13-14H2,1H3/b6-4-/t7?,8-/m0/s1. The van der Waals surface area contributed by atoms with Crippen LogP contribution in [0.15, 0.2) is 10.8 Å². The van der Waals surface area contributed by atoms with E-state index in [9.17, 15) is 0 Å². The molecule has 1 unspecified atom stereocenters. The number of rotatable bonds is 3. The minimum Gasteiger partial charge on any atom is -0.403 e. The van der Waals surface area contributed by atoms with Crippen LogP contribution in [0, 0.1) is 0 Å². The molecule has 0 spiro atoms. The summed E-state index contributed by atoms with van der Waals surface area (Å²) in [5.74, 6) is 0.975. The minimum atomic E-state index is -0.0942. The van der Waals surface area contributed by atoms with Crippen molar-refractivity contribution in [2.75, 3.05) is 6.54 Å². The zero-order valence-corrected chi connectivity index (χ0v) is 11.4. The maximum atomic E-state index is 5.97. The first-order valence-corrected chi connectivity index (χ1v) is 6.59. The highest BCUT2D eigenvalue weighted by Crippen LogP contribution is 2.30. The SMILES string of the molecule is CC(N)c1c(Br)nc([C@@H]2CCCN2)n1/C=C\N. The van der Waals surface area contributed by atoms with Crippen LogP contribution in [0.1, 0.15) is 43.4 Å². The third kappa shape index (κ3) is 2.38. The molecular weight excluding hydrogens is 282 g/mol. The van der Waals surface area contributed by atoms with Crippen molar-refractivity contribution >= 4 is 22.1 Å². The topological polar surface area (TPSA) is 81.9 Å². The van der Waals surface area contributed by atoms with Gasteiger partial charge in [-0.2, -0.15) is 0 Å². The zero-order valence-electron chi connectivity index (χ0n) is 9.86. The van der Waals surface area contributed by atoms with E-state index in [4.69, 9.17) is 11.5 Å². The molecule has 2 rings (SSSR count). The molecule has 2 heterocycles. The Labute approximate surface area is 109 Å². The van der Waals surface area contributed by atoms with Crippen molar-refractivity contribution in [1.82, 2.24) is 14.9 Å². The Hall–Kier alpha value is -0.850. The van der Waals surface area contributed by atoms with Crippen molar-refractivity contribution in [3.63, 3.8) is 0 Å². The average Bonchev–Trinajstić information content (AvgIpc) is 2.86. The summed E-state index contributed by atoms with van der Waals surface area (Å²) in [6, 6.07) is 0.193. The van der Waals surface area contributed by atoms with Crippen molar-refractivity contribution in [2.45, 2.75) is 31.8 Å². The summed E-state index contributed by atoms with van der Waals surface area (Å²) in [5.41, 5.74) is 12.4. The number of nitrogens with zero attached hydrogens (tertiary/aromatic N) is 2. The van der Waals surface area contributed by atoms with Gasteiger partial charge in [-0.05, 0) is 42.2 Å². The molecule has 0 aromatic carbocycles. The van der Waals surface area contributed by atoms with Crippen LogP contribution in [0.3, 0.4) is 0 Å². The Kier molecular flexibility index (Phi) is 3.86. The lowest BCUT2D eigenvalue weighted by atomic mass is 10.2. The number of nitrogens with two attached hydrogens (primary N) is 2. The quantitative estimate of drug-likeness (QED) is 0.789. The summed E-state index contributed by atoms with van der Waals surface area (Å²) < 4.78 is 2.78. The molecule has 1 aromatic rings. The second-order valence-corrected chi connectivity index (χ2v) is 5.05. The lowest BCUT2D eigenvalue weighted by Crippen LogP contribution is -2.18. The van der Waals surface area contributed by atoms with Crippen molar-refractivity contribution < 1.29 is 0 Å². The van der Waals surface area contributed by atoms with E-state index in [1.165, 1.54) is 12.6 Å². The van der Waals surface area contributed by atoms with E-state index in [0.29, 0.717) is 0 Å². The van der Waals surface area contributed by atoms with E-state index in [-0.39, 0.29) is 12.1 Å². The molecule has 1 saturated heterocycles. The molecular formula is C11H18BrN5. The molecule has 0 saturated carbocycles. The molecule has 5 nitrogen and oxygen atoms in total. The Bertz CT molecular complexity index is 418. The largest absolute Gasteiger partial charge is 0.403 e. The smallest absolute Gasteiger partial charge is 0.131 e. The zero-order chi connectivity index (χ0) is 12.4. The fourth-order valence-corrected chi connectivity index (χ4v) is 2.97. The fourth-order valence-electron chi connectivity index (χ4n) is 2.24. The molecule has 1 aliphatic heterocycles. The van der Waals surface area contributed by atoms with Gasteiger partial charge in [0.25, 0.3) is 0 Å². The van der Waals surface area contributed by atoms with Gasteiger partial charge in [-0.1, -0.05) is 0 Å². The fraction of sp³-hybridized carbons (Fsp3) is 0.545. The van der Waals surface area contributed by atoms with E-state index in [1.54, 1.807) is 0 Å². The first-order chi connectivity index (χ1) is 8.15. The number of hydrogen-bond donors (Lipinski definition) is 3. The predicted molar refractivity (Wildman–Crippen MR) is 72.0 cm³/mol. The van der Waals surface area contributed by atoms with Crippen LogP contribution < -0.4 is 16.8 Å². The molecule has 0 bridgehead atoms. The van der Waals surface area contributed by atoms with Gasteiger partial charge >= 0.3 is 0 Å². The third-order valence-corrected chi connectivity index (χ3v) is 3.55. The van der Waals surface area contributed by atoms with Gasteiger partial charge in [0.15, 0.2) is 0 Å². The Balaban J connectivity index is 2.47. The summed E-state index contributed by atoms with van der Waals surface area (Å²) in [4.78, 5) is 4.56. The highest BCUT2D eigenvalue weighted by molar-refractivity contribution is 9.10. The van der Waals surface area contributed by atoms with Crippen molar-refractivity contribution in [3.05, 3.63) is 22.3 Å². The Morgan fingerprint density at radius 3 is 2.94 bits per heavy atom. The van der Waals surface area contributed by atoms with Crippen LogP contribution >= 0.6 is 15.9 Å². The molecule has 1 fully saturated rings. The molecule has 17 heavy (non-hydrogen) atoms. The summed E-state index contributed by atoms with van der Waals surface area (Å²) >= 11 is 3.47. The molecule has 6 heteroatoms. The van der Waals surface area contributed by atoms with Gasteiger partial charge in [0, 0.05) is 18.4 Å². The summed E-state index contributed by atoms with van der Waals surface area (Å²) in [6.07, 6.45) is 5.60. The maximum Gasteiger partial charge on any atom is 0.131 e. The normalized spacial score (nSPS) is 22.4.